The minimum atomic E-state index is 0.118. The van der Waals surface area contributed by atoms with Gasteiger partial charge in [-0.15, -0.1) is 0 Å². The van der Waals surface area contributed by atoms with Gasteiger partial charge in [0.25, 0.3) is 5.91 Å². The van der Waals surface area contributed by atoms with Crippen LogP contribution in [-0.4, -0.2) is 33.9 Å². The molecule has 1 aromatic heterocycles. The number of hydrogen-bond acceptors (Lipinski definition) is 2. The van der Waals surface area contributed by atoms with Gasteiger partial charge in [-0.1, -0.05) is 30.3 Å². The van der Waals surface area contributed by atoms with Gasteiger partial charge < -0.3 is 9.88 Å². The van der Waals surface area contributed by atoms with Gasteiger partial charge in [0.2, 0.25) is 0 Å². The van der Waals surface area contributed by atoms with Crippen LogP contribution >= 0.6 is 0 Å². The number of likely N-dealkylation sites (tertiary alicyclic amines) is 1. The number of benzene rings is 2. The summed E-state index contributed by atoms with van der Waals surface area (Å²) in [6.45, 7) is 5.80. The molecule has 2 heterocycles. The van der Waals surface area contributed by atoms with E-state index in [4.69, 9.17) is 0 Å². The van der Waals surface area contributed by atoms with E-state index in [1.54, 1.807) is 0 Å². The molecule has 140 valence electrons. The summed E-state index contributed by atoms with van der Waals surface area (Å²) in [5, 5.41) is 0. The fraction of sp³-hybridized carbons (Fsp3) is 0.391. The smallest absolute Gasteiger partial charge is 0.256 e. The second-order valence-corrected chi connectivity index (χ2v) is 7.75. The maximum absolute atomic E-state index is 13.2. The van der Waals surface area contributed by atoms with Crippen LogP contribution in [0.15, 0.2) is 42.5 Å². The number of aromatic nitrogens is 2. The Morgan fingerprint density at radius 2 is 2.04 bits per heavy atom. The van der Waals surface area contributed by atoms with Gasteiger partial charge in [0.05, 0.1) is 11.1 Å². The van der Waals surface area contributed by atoms with E-state index in [0.29, 0.717) is 5.92 Å². The molecule has 4 nitrogen and oxygen atoms in total. The SMILES string of the molecule is Cc1nc2c(C(=O)N3CCCC(CCc4ccccc4C)C3)cccc2[nH]1. The highest BCUT2D eigenvalue weighted by Gasteiger charge is 2.26. The number of nitrogens with zero attached hydrogens (tertiary/aromatic N) is 2. The van der Waals surface area contributed by atoms with Crippen molar-refractivity contribution >= 4 is 16.9 Å². The molecule has 0 aliphatic carbocycles. The molecule has 0 radical (unpaired) electrons. The van der Waals surface area contributed by atoms with Gasteiger partial charge in [-0.05, 0) is 68.7 Å². The lowest BCUT2D eigenvalue weighted by Gasteiger charge is -2.33. The summed E-state index contributed by atoms with van der Waals surface area (Å²) < 4.78 is 0. The zero-order valence-electron chi connectivity index (χ0n) is 16.2. The number of aromatic amines is 1. The standard InChI is InChI=1S/C23H27N3O/c1-16-7-3-4-9-19(16)13-12-18-8-6-14-26(15-18)23(27)20-10-5-11-21-22(20)25-17(2)24-21/h3-5,7,9-11,18H,6,8,12-15H2,1-2H3,(H,24,25). The van der Waals surface area contributed by atoms with Crippen molar-refractivity contribution in [1.82, 2.24) is 14.9 Å². The number of carbonyl (C=O) groups excluding carboxylic acids is 1. The van der Waals surface area contributed by atoms with Crippen LogP contribution in [0.2, 0.25) is 0 Å². The number of fused-ring (bicyclic) bond motifs is 1. The first kappa shape index (κ1) is 17.8. The van der Waals surface area contributed by atoms with Crippen molar-refractivity contribution in [2.45, 2.75) is 39.5 Å². The molecular formula is C23H27N3O. The number of nitrogens with one attached hydrogen (secondary N) is 1. The summed E-state index contributed by atoms with van der Waals surface area (Å²) in [6, 6.07) is 14.4. The van der Waals surface area contributed by atoms with E-state index in [0.717, 1.165) is 54.8 Å². The summed E-state index contributed by atoms with van der Waals surface area (Å²) >= 11 is 0. The minimum absolute atomic E-state index is 0.118. The number of amides is 1. The Hall–Kier alpha value is -2.62. The molecule has 1 N–H and O–H groups in total. The van der Waals surface area contributed by atoms with Crippen LogP contribution in [0, 0.1) is 19.8 Å². The summed E-state index contributed by atoms with van der Waals surface area (Å²) in [5.74, 6) is 1.54. The molecule has 4 heteroatoms. The van der Waals surface area contributed by atoms with Crippen molar-refractivity contribution in [2.75, 3.05) is 13.1 Å². The van der Waals surface area contributed by atoms with E-state index in [2.05, 4.69) is 41.2 Å². The van der Waals surface area contributed by atoms with Gasteiger partial charge in [-0.2, -0.15) is 0 Å². The fourth-order valence-electron chi connectivity index (χ4n) is 4.23. The van der Waals surface area contributed by atoms with Crippen molar-refractivity contribution in [3.05, 3.63) is 65.0 Å². The highest BCUT2D eigenvalue weighted by Crippen LogP contribution is 2.25. The lowest BCUT2D eigenvalue weighted by atomic mass is 9.90. The van der Waals surface area contributed by atoms with Crippen LogP contribution in [-0.2, 0) is 6.42 Å². The van der Waals surface area contributed by atoms with Crippen molar-refractivity contribution < 1.29 is 4.79 Å². The normalized spacial score (nSPS) is 17.4. The largest absolute Gasteiger partial charge is 0.342 e. The van der Waals surface area contributed by atoms with Crippen molar-refractivity contribution in [3.8, 4) is 0 Å². The molecule has 0 saturated carbocycles. The number of carbonyl (C=O) groups is 1. The molecule has 3 aromatic rings. The molecule has 1 aliphatic heterocycles. The Balaban J connectivity index is 1.46. The van der Waals surface area contributed by atoms with Crippen LogP contribution in [0.1, 0.15) is 46.6 Å². The first-order chi connectivity index (χ1) is 13.1. The Labute approximate surface area is 160 Å². The third-order valence-corrected chi connectivity index (χ3v) is 5.75. The summed E-state index contributed by atoms with van der Waals surface area (Å²) in [5.41, 5.74) is 5.24. The first-order valence-electron chi connectivity index (χ1n) is 9.91. The van der Waals surface area contributed by atoms with E-state index >= 15 is 0 Å². The molecule has 2 aromatic carbocycles. The van der Waals surface area contributed by atoms with Crippen molar-refractivity contribution in [1.29, 1.82) is 0 Å². The van der Waals surface area contributed by atoms with Gasteiger partial charge in [0, 0.05) is 13.1 Å². The summed E-state index contributed by atoms with van der Waals surface area (Å²) in [4.78, 5) is 23.0. The second kappa shape index (κ2) is 7.55. The summed E-state index contributed by atoms with van der Waals surface area (Å²) in [7, 11) is 0. The molecule has 0 bridgehead atoms. The monoisotopic (exact) mass is 361 g/mol. The first-order valence-corrected chi connectivity index (χ1v) is 9.91. The van der Waals surface area contributed by atoms with E-state index in [1.165, 1.54) is 17.5 Å². The molecule has 1 saturated heterocycles. The molecule has 1 aliphatic rings. The Morgan fingerprint density at radius 3 is 2.89 bits per heavy atom. The van der Waals surface area contributed by atoms with Gasteiger partial charge >= 0.3 is 0 Å². The Bertz CT molecular complexity index is 959. The lowest BCUT2D eigenvalue weighted by molar-refractivity contribution is 0.0670. The zero-order valence-corrected chi connectivity index (χ0v) is 16.2. The predicted molar refractivity (Wildman–Crippen MR) is 109 cm³/mol. The average Bonchev–Trinajstić information content (AvgIpc) is 3.07. The number of para-hydroxylation sites is 1. The molecule has 1 fully saturated rings. The van der Waals surface area contributed by atoms with Crippen LogP contribution in [0.25, 0.3) is 11.0 Å². The number of H-pyrrole nitrogens is 1. The third-order valence-electron chi connectivity index (χ3n) is 5.75. The van der Waals surface area contributed by atoms with Gasteiger partial charge in [0.1, 0.15) is 11.3 Å². The molecule has 1 amide bonds. The van der Waals surface area contributed by atoms with Crippen LogP contribution < -0.4 is 0 Å². The van der Waals surface area contributed by atoms with Gasteiger partial charge in [-0.25, -0.2) is 4.98 Å². The Morgan fingerprint density at radius 1 is 1.19 bits per heavy atom. The average molecular weight is 361 g/mol. The summed E-state index contributed by atoms with van der Waals surface area (Å²) in [6.07, 6.45) is 4.52. The number of rotatable bonds is 4. The number of hydrogen-bond donors (Lipinski definition) is 1. The van der Waals surface area contributed by atoms with Crippen LogP contribution in [0.4, 0.5) is 0 Å². The van der Waals surface area contributed by atoms with E-state index < -0.39 is 0 Å². The van der Waals surface area contributed by atoms with Crippen LogP contribution in [0.3, 0.4) is 0 Å². The molecule has 0 spiro atoms. The predicted octanol–water partition coefficient (Wildman–Crippen LogP) is 4.66. The number of piperidine rings is 1. The van der Waals surface area contributed by atoms with E-state index in [-0.39, 0.29) is 5.91 Å². The van der Waals surface area contributed by atoms with E-state index in [9.17, 15) is 4.79 Å². The van der Waals surface area contributed by atoms with Crippen LogP contribution in [0.5, 0.6) is 0 Å². The maximum atomic E-state index is 13.2. The van der Waals surface area contributed by atoms with Crippen molar-refractivity contribution in [3.63, 3.8) is 0 Å². The maximum Gasteiger partial charge on any atom is 0.256 e. The molecule has 1 atom stereocenters. The minimum Gasteiger partial charge on any atom is -0.342 e. The lowest BCUT2D eigenvalue weighted by Crippen LogP contribution is -2.40. The highest BCUT2D eigenvalue weighted by atomic mass is 16.2. The van der Waals surface area contributed by atoms with Gasteiger partial charge in [0.15, 0.2) is 0 Å². The second-order valence-electron chi connectivity index (χ2n) is 7.75. The molecule has 1 unspecified atom stereocenters. The quantitative estimate of drug-likeness (QED) is 0.734. The molecule has 27 heavy (non-hydrogen) atoms. The number of aryl methyl sites for hydroxylation is 3. The molecule has 4 rings (SSSR count). The fourth-order valence-corrected chi connectivity index (χ4v) is 4.23. The third kappa shape index (κ3) is 3.75. The van der Waals surface area contributed by atoms with Crippen molar-refractivity contribution in [2.24, 2.45) is 5.92 Å². The highest BCUT2D eigenvalue weighted by molar-refractivity contribution is 6.04. The molecular weight excluding hydrogens is 334 g/mol. The zero-order chi connectivity index (χ0) is 18.8. The topological polar surface area (TPSA) is 49.0 Å². The Kier molecular flexibility index (Phi) is 4.97. The number of imidazole rings is 1. The van der Waals surface area contributed by atoms with Gasteiger partial charge in [-0.3, -0.25) is 4.79 Å². The van der Waals surface area contributed by atoms with E-state index in [1.807, 2.05) is 30.0 Å².